The Morgan fingerprint density at radius 2 is 1.65 bits per heavy atom. The molecule has 0 saturated carbocycles. The van der Waals surface area contributed by atoms with E-state index in [4.69, 9.17) is 4.74 Å². The largest absolute Gasteiger partial charge is 0.456 e. The minimum absolute atomic E-state index is 0.285. The van der Waals surface area contributed by atoms with Crippen molar-refractivity contribution in [1.82, 2.24) is 4.98 Å². The van der Waals surface area contributed by atoms with Gasteiger partial charge in [0.15, 0.2) is 5.56 Å². The third-order valence-electron chi connectivity index (χ3n) is 3.53. The van der Waals surface area contributed by atoms with E-state index < -0.39 is 23.0 Å². The number of alkyl halides is 3. The van der Waals surface area contributed by atoms with Crippen LogP contribution in [-0.4, -0.2) is 4.98 Å². The maximum absolute atomic E-state index is 13.3. The molecule has 0 aliphatic heterocycles. The predicted octanol–water partition coefficient (Wildman–Crippen LogP) is 4.67. The first-order chi connectivity index (χ1) is 10.6. The van der Waals surface area contributed by atoms with E-state index in [2.05, 4.69) is 4.98 Å². The molecule has 0 radical (unpaired) electrons. The molecule has 1 aromatic carbocycles. The van der Waals surface area contributed by atoms with Crippen LogP contribution < -0.4 is 10.3 Å². The average Bonchev–Trinajstić information content (AvgIpc) is 2.35. The summed E-state index contributed by atoms with van der Waals surface area (Å²) in [6, 6.07) is 5.17. The summed E-state index contributed by atoms with van der Waals surface area (Å²) in [5, 5.41) is 0. The topological polar surface area (TPSA) is 42.1 Å². The lowest BCUT2D eigenvalue weighted by atomic mass is 10.1. The fraction of sp³-hybridized carbons (Fsp3) is 0.353. The number of rotatable bonds is 3. The molecule has 23 heavy (non-hydrogen) atoms. The number of ether oxygens (including phenoxy) is 1. The van der Waals surface area contributed by atoms with Gasteiger partial charge in [0.05, 0.1) is 0 Å². The summed E-state index contributed by atoms with van der Waals surface area (Å²) in [6.45, 7) is 6.94. The van der Waals surface area contributed by atoms with Crippen LogP contribution in [0.25, 0.3) is 0 Å². The van der Waals surface area contributed by atoms with E-state index >= 15 is 0 Å². The van der Waals surface area contributed by atoms with E-state index in [0.29, 0.717) is 17.7 Å². The number of pyridine rings is 1. The second-order valence-corrected chi connectivity index (χ2v) is 5.54. The van der Waals surface area contributed by atoms with Crippen molar-refractivity contribution in [3.05, 3.63) is 56.5 Å². The molecule has 0 bridgehead atoms. The fourth-order valence-electron chi connectivity index (χ4n) is 2.64. The van der Waals surface area contributed by atoms with Gasteiger partial charge in [0.1, 0.15) is 11.5 Å². The molecule has 3 nitrogen and oxygen atoms in total. The lowest BCUT2D eigenvalue weighted by Gasteiger charge is -2.18. The molecular weight excluding hydrogens is 307 g/mol. The number of aromatic nitrogens is 1. The van der Waals surface area contributed by atoms with Crippen molar-refractivity contribution in [3.8, 4) is 11.5 Å². The van der Waals surface area contributed by atoms with Crippen molar-refractivity contribution in [3.63, 3.8) is 0 Å². The van der Waals surface area contributed by atoms with Crippen molar-refractivity contribution < 1.29 is 17.9 Å². The average molecular weight is 325 g/mol. The molecule has 0 saturated heterocycles. The van der Waals surface area contributed by atoms with Crippen molar-refractivity contribution in [2.75, 3.05) is 0 Å². The molecule has 0 fully saturated rings. The molecule has 0 atom stereocenters. The summed E-state index contributed by atoms with van der Waals surface area (Å²) in [7, 11) is 0. The van der Waals surface area contributed by atoms with Crippen LogP contribution in [0.4, 0.5) is 13.2 Å². The Morgan fingerprint density at radius 3 is 2.13 bits per heavy atom. The number of halogens is 3. The molecule has 1 N–H and O–H groups in total. The highest BCUT2D eigenvalue weighted by Gasteiger charge is 2.39. The van der Waals surface area contributed by atoms with Gasteiger partial charge in [-0.25, -0.2) is 0 Å². The lowest BCUT2D eigenvalue weighted by Crippen LogP contribution is -2.24. The van der Waals surface area contributed by atoms with Crippen molar-refractivity contribution in [2.24, 2.45) is 0 Å². The lowest BCUT2D eigenvalue weighted by molar-refractivity contribution is -0.139. The smallest absolute Gasteiger partial charge is 0.425 e. The first kappa shape index (κ1) is 17.1. The zero-order chi connectivity index (χ0) is 17.4. The molecule has 0 unspecified atom stereocenters. The number of H-pyrrole nitrogens is 1. The Kier molecular flexibility index (Phi) is 4.54. The summed E-state index contributed by atoms with van der Waals surface area (Å²) in [5.41, 5.74) is -0.0204. The van der Waals surface area contributed by atoms with Gasteiger partial charge in [0.2, 0.25) is 0 Å². The van der Waals surface area contributed by atoms with Gasteiger partial charge in [-0.2, -0.15) is 13.2 Å². The monoisotopic (exact) mass is 325 g/mol. The molecular formula is C17H18F3NO2. The summed E-state index contributed by atoms with van der Waals surface area (Å²) in [6.07, 6.45) is -4.48. The molecule has 1 heterocycles. The van der Waals surface area contributed by atoms with E-state index in [1.807, 2.05) is 19.9 Å². The Balaban J connectivity index is 2.70. The number of nitrogens with one attached hydrogen (secondary N) is 1. The van der Waals surface area contributed by atoms with E-state index in [1.54, 1.807) is 26.0 Å². The van der Waals surface area contributed by atoms with Gasteiger partial charge in [-0.05, 0) is 50.5 Å². The number of hydrogen-bond acceptors (Lipinski definition) is 2. The van der Waals surface area contributed by atoms with Crippen LogP contribution >= 0.6 is 0 Å². The van der Waals surface area contributed by atoms with E-state index in [0.717, 1.165) is 11.1 Å². The van der Waals surface area contributed by atoms with Gasteiger partial charge < -0.3 is 9.72 Å². The summed E-state index contributed by atoms with van der Waals surface area (Å²) in [4.78, 5) is 14.1. The van der Waals surface area contributed by atoms with Crippen LogP contribution in [0.5, 0.6) is 11.5 Å². The summed E-state index contributed by atoms with van der Waals surface area (Å²) >= 11 is 0. The van der Waals surface area contributed by atoms with Gasteiger partial charge in [-0.3, -0.25) is 4.79 Å². The maximum atomic E-state index is 13.3. The van der Waals surface area contributed by atoms with Crippen LogP contribution in [0.3, 0.4) is 0 Å². The van der Waals surface area contributed by atoms with Gasteiger partial charge in [0.25, 0.3) is 5.56 Å². The molecule has 1 aromatic heterocycles. The normalized spacial score (nSPS) is 11.6. The van der Waals surface area contributed by atoms with Crippen LogP contribution in [0, 0.1) is 20.8 Å². The predicted molar refractivity (Wildman–Crippen MR) is 82.2 cm³/mol. The highest BCUT2D eigenvalue weighted by molar-refractivity contribution is 5.47. The molecule has 0 aliphatic carbocycles. The number of aryl methyl sites for hydroxylation is 3. The third kappa shape index (κ3) is 3.57. The standard InChI is InChI=1S/C17H18F3NO2/c1-5-13-11(4)21-16(22)14(17(18,19)20)15(13)23-12-7-9(2)6-10(3)8-12/h6-8H,5H2,1-4H3,(H,21,22). The maximum Gasteiger partial charge on any atom is 0.425 e. The molecule has 0 spiro atoms. The highest BCUT2D eigenvalue weighted by Crippen LogP contribution is 2.39. The van der Waals surface area contributed by atoms with Gasteiger partial charge in [-0.1, -0.05) is 13.0 Å². The minimum atomic E-state index is -4.79. The highest BCUT2D eigenvalue weighted by atomic mass is 19.4. The zero-order valence-corrected chi connectivity index (χ0v) is 13.4. The van der Waals surface area contributed by atoms with Crippen molar-refractivity contribution >= 4 is 0 Å². The Hall–Kier alpha value is -2.24. The summed E-state index contributed by atoms with van der Waals surface area (Å²) in [5.74, 6) is -0.126. The third-order valence-corrected chi connectivity index (χ3v) is 3.53. The number of benzene rings is 1. The van der Waals surface area contributed by atoms with Crippen molar-refractivity contribution in [1.29, 1.82) is 0 Å². The van der Waals surface area contributed by atoms with Crippen LogP contribution in [-0.2, 0) is 12.6 Å². The van der Waals surface area contributed by atoms with E-state index in [-0.39, 0.29) is 5.75 Å². The van der Waals surface area contributed by atoms with Gasteiger partial charge in [0, 0.05) is 11.3 Å². The number of aromatic amines is 1. The van der Waals surface area contributed by atoms with Gasteiger partial charge in [-0.15, -0.1) is 0 Å². The summed E-state index contributed by atoms with van der Waals surface area (Å²) < 4.78 is 45.5. The molecule has 6 heteroatoms. The van der Waals surface area contributed by atoms with Crippen LogP contribution in [0.1, 0.15) is 34.9 Å². The Bertz CT molecular complexity index is 771. The molecule has 0 aliphatic rings. The zero-order valence-electron chi connectivity index (χ0n) is 13.4. The quantitative estimate of drug-likeness (QED) is 0.891. The fourth-order valence-corrected chi connectivity index (χ4v) is 2.64. The number of hydrogen-bond donors (Lipinski definition) is 1. The molecule has 2 rings (SSSR count). The molecule has 124 valence electrons. The van der Waals surface area contributed by atoms with E-state index in [9.17, 15) is 18.0 Å². The Morgan fingerprint density at radius 1 is 1.09 bits per heavy atom. The molecule has 2 aromatic rings. The van der Waals surface area contributed by atoms with E-state index in [1.165, 1.54) is 0 Å². The molecule has 0 amide bonds. The van der Waals surface area contributed by atoms with Gasteiger partial charge >= 0.3 is 6.18 Å². The SMILES string of the molecule is CCc1c(C)[nH]c(=O)c(C(F)(F)F)c1Oc1cc(C)cc(C)c1. The minimum Gasteiger partial charge on any atom is -0.456 e. The second kappa shape index (κ2) is 6.10. The second-order valence-electron chi connectivity index (χ2n) is 5.54. The van der Waals surface area contributed by atoms with Crippen molar-refractivity contribution in [2.45, 2.75) is 40.3 Å². The van der Waals surface area contributed by atoms with Crippen LogP contribution in [0.15, 0.2) is 23.0 Å². The Labute approximate surface area is 132 Å². The first-order valence-corrected chi connectivity index (χ1v) is 7.22. The first-order valence-electron chi connectivity index (χ1n) is 7.22. The van der Waals surface area contributed by atoms with Crippen LogP contribution in [0.2, 0.25) is 0 Å².